The first-order valence-corrected chi connectivity index (χ1v) is 18.9. The van der Waals surface area contributed by atoms with Crippen LogP contribution in [-0.4, -0.2) is 89.7 Å². The van der Waals surface area contributed by atoms with Gasteiger partial charge in [-0.1, -0.05) is 31.2 Å². The van der Waals surface area contributed by atoms with Crippen LogP contribution in [0.4, 0.5) is 17.7 Å². The van der Waals surface area contributed by atoms with Gasteiger partial charge in [0.15, 0.2) is 0 Å². The number of amides is 3. The zero-order chi connectivity index (χ0) is 46.4. The number of aliphatic carboxylic acids is 2. The third kappa shape index (κ3) is 11.0. The lowest BCUT2D eigenvalue weighted by molar-refractivity contribution is -0.193. The highest BCUT2D eigenvalue weighted by Gasteiger charge is 2.53. The van der Waals surface area contributed by atoms with Crippen molar-refractivity contribution in [2.75, 3.05) is 23.3 Å². The molecule has 328 valence electrons. The Bertz CT molecular complexity index is 2700. The van der Waals surface area contributed by atoms with Gasteiger partial charge < -0.3 is 42.6 Å². The second kappa shape index (κ2) is 21.1. The van der Waals surface area contributed by atoms with Gasteiger partial charge in [-0.2, -0.15) is 29.1 Å². The minimum atomic E-state index is -1.75. The number of H-pyrrole nitrogens is 3. The standard InChI is InChI=1S/C38H40N10O9.2CO2/c1-2-17-41-30(51)20-8-5-19(6-9-20)15-16-38(26-29(44-35(38)57)46-37(40)48-33(26)54)27-22(25-28(43-27)45-36(39)47-32(25)53)12-7-18-3-10-21(11-4-18)31(52)42-23(34(55)56)13-14-24(49)50;2*2-1-3/h3-6,8-11,23H,2,7,12-17H2,1H3,(H,41,51)(H,42,52)(H,49,50)(H,55,56)(H4,39,43,45,47,53)(H4,40,44,46,48,54,57);;/t23-,38-;;/m0../s1. The van der Waals surface area contributed by atoms with Gasteiger partial charge in [0.2, 0.25) is 17.8 Å². The van der Waals surface area contributed by atoms with Crippen LogP contribution in [0.5, 0.6) is 0 Å². The molecule has 2 atom stereocenters. The molecule has 0 aliphatic carbocycles. The number of hydrogen-bond donors (Lipinski definition) is 10. The third-order valence-corrected chi connectivity index (χ3v) is 9.87. The number of nitrogen functional groups attached to an aromatic ring is 2. The van der Waals surface area contributed by atoms with E-state index in [9.17, 15) is 38.7 Å². The monoisotopic (exact) mass is 868 g/mol. The number of aromatic amines is 3. The van der Waals surface area contributed by atoms with Gasteiger partial charge in [-0.25, -0.2) is 4.79 Å². The molecule has 0 unspecified atom stereocenters. The molecular weight excluding hydrogens is 828 g/mol. The van der Waals surface area contributed by atoms with Crippen LogP contribution < -0.4 is 38.5 Å². The van der Waals surface area contributed by atoms with Gasteiger partial charge in [-0.3, -0.25) is 38.7 Å². The molecule has 1 aliphatic heterocycles. The summed E-state index contributed by atoms with van der Waals surface area (Å²) in [6.45, 7) is 2.47. The SMILES string of the molecule is CCCNC(=O)c1ccc(CC[C@]2(c3[nH]c4nc(N)[nH]c(=O)c4c3CCc3ccc(C(=O)N[C@@H](CCC(=O)O)C(=O)O)cc3)C(=O)Nc3nc(N)[nH]c(=O)c32)cc1.O=C=O.O=C=O. The van der Waals surface area contributed by atoms with E-state index in [1.54, 1.807) is 36.4 Å². The fourth-order valence-corrected chi connectivity index (χ4v) is 7.06. The average Bonchev–Trinajstić information content (AvgIpc) is 3.74. The van der Waals surface area contributed by atoms with Gasteiger partial charge >= 0.3 is 24.2 Å². The predicted octanol–water partition coefficient (Wildman–Crippen LogP) is 0.176. The number of aromatic nitrogens is 5. The number of nitrogens with one attached hydrogen (secondary N) is 6. The second-order valence-corrected chi connectivity index (χ2v) is 13.8. The van der Waals surface area contributed by atoms with Gasteiger partial charge in [-0.15, -0.1) is 0 Å². The van der Waals surface area contributed by atoms with Crippen LogP contribution in [0.1, 0.15) is 81.3 Å². The number of carboxylic acid groups (broad SMARTS) is 2. The third-order valence-electron chi connectivity index (χ3n) is 9.87. The molecule has 63 heavy (non-hydrogen) atoms. The van der Waals surface area contributed by atoms with E-state index < -0.39 is 52.7 Å². The zero-order valence-electron chi connectivity index (χ0n) is 33.3. The van der Waals surface area contributed by atoms with Gasteiger partial charge in [0.05, 0.1) is 10.9 Å². The number of hydrogen-bond acceptors (Lipinski definition) is 15. The van der Waals surface area contributed by atoms with Gasteiger partial charge in [0.25, 0.3) is 22.9 Å². The highest BCUT2D eigenvalue weighted by atomic mass is 16.4. The summed E-state index contributed by atoms with van der Waals surface area (Å²) >= 11 is 0. The van der Waals surface area contributed by atoms with Crippen LogP contribution in [0.25, 0.3) is 11.0 Å². The number of nitrogens with two attached hydrogens (primary N) is 2. The minimum absolute atomic E-state index is 0.00269. The molecule has 0 radical (unpaired) electrons. The molecule has 0 bridgehead atoms. The second-order valence-electron chi connectivity index (χ2n) is 13.8. The minimum Gasteiger partial charge on any atom is -0.481 e. The molecule has 23 nitrogen and oxygen atoms in total. The highest BCUT2D eigenvalue weighted by molar-refractivity contribution is 6.08. The summed E-state index contributed by atoms with van der Waals surface area (Å²) in [6, 6.07) is 11.7. The maximum Gasteiger partial charge on any atom is 0.373 e. The maximum atomic E-state index is 14.4. The van der Waals surface area contributed by atoms with Crippen LogP contribution in [0, 0.1) is 0 Å². The fraction of sp³-hybridized carbons (Fsp3) is 0.275. The highest BCUT2D eigenvalue weighted by Crippen LogP contribution is 2.46. The van der Waals surface area contributed by atoms with Crippen LogP contribution in [0.3, 0.4) is 0 Å². The van der Waals surface area contributed by atoms with E-state index in [0.717, 1.165) is 12.0 Å². The van der Waals surface area contributed by atoms with E-state index in [1.807, 2.05) is 6.92 Å². The van der Waals surface area contributed by atoms with Crippen LogP contribution in [0.2, 0.25) is 0 Å². The fourth-order valence-electron chi connectivity index (χ4n) is 7.06. The lowest BCUT2D eigenvalue weighted by atomic mass is 9.73. The molecule has 6 rings (SSSR count). The van der Waals surface area contributed by atoms with Crippen molar-refractivity contribution in [3.05, 3.63) is 108 Å². The molecule has 2 aromatic carbocycles. The number of nitrogens with zero attached hydrogens (tertiary/aromatic N) is 2. The summed E-state index contributed by atoms with van der Waals surface area (Å²) in [4.78, 5) is 139. The van der Waals surface area contributed by atoms with E-state index in [1.165, 1.54) is 12.1 Å². The Morgan fingerprint density at radius 1 is 0.778 bits per heavy atom. The molecular formula is C40H40N10O13. The van der Waals surface area contributed by atoms with Crippen molar-refractivity contribution < 1.29 is 53.4 Å². The van der Waals surface area contributed by atoms with E-state index in [-0.39, 0.29) is 95.9 Å². The Labute approximate surface area is 354 Å². The average molecular weight is 869 g/mol. The first-order valence-electron chi connectivity index (χ1n) is 18.9. The van der Waals surface area contributed by atoms with Crippen molar-refractivity contribution in [2.45, 2.75) is 63.3 Å². The smallest absolute Gasteiger partial charge is 0.373 e. The van der Waals surface area contributed by atoms with Crippen molar-refractivity contribution in [1.29, 1.82) is 0 Å². The summed E-state index contributed by atoms with van der Waals surface area (Å²) in [5, 5.41) is 26.4. The first-order chi connectivity index (χ1) is 30.0. The Morgan fingerprint density at radius 3 is 1.90 bits per heavy atom. The van der Waals surface area contributed by atoms with Crippen LogP contribution in [0.15, 0.2) is 58.1 Å². The van der Waals surface area contributed by atoms with Gasteiger partial charge in [0.1, 0.15) is 22.9 Å². The Hall–Kier alpha value is -8.55. The first kappa shape index (κ1) is 47.1. The molecule has 3 aromatic heterocycles. The molecule has 12 N–H and O–H groups in total. The lowest BCUT2D eigenvalue weighted by Gasteiger charge is -2.27. The van der Waals surface area contributed by atoms with Crippen molar-refractivity contribution in [2.24, 2.45) is 0 Å². The number of rotatable bonds is 16. The molecule has 4 heterocycles. The summed E-state index contributed by atoms with van der Waals surface area (Å²) in [5.74, 6) is -4.56. The number of aryl methyl sites for hydroxylation is 3. The van der Waals surface area contributed by atoms with Crippen molar-refractivity contribution in [1.82, 2.24) is 35.6 Å². The summed E-state index contributed by atoms with van der Waals surface area (Å²) in [5.41, 5.74) is 11.4. The molecule has 0 saturated heterocycles. The van der Waals surface area contributed by atoms with E-state index in [2.05, 4.69) is 40.9 Å². The van der Waals surface area contributed by atoms with Crippen molar-refractivity contribution in [3.8, 4) is 0 Å². The predicted molar refractivity (Wildman–Crippen MR) is 217 cm³/mol. The van der Waals surface area contributed by atoms with Gasteiger partial charge in [0, 0.05) is 29.8 Å². The molecule has 1 aliphatic rings. The topological polar surface area (TPSA) is 390 Å². The number of carboxylic acids is 2. The molecule has 0 saturated carbocycles. The molecule has 3 amide bonds. The lowest BCUT2D eigenvalue weighted by Crippen LogP contribution is -2.41. The van der Waals surface area contributed by atoms with Crippen molar-refractivity contribution in [3.63, 3.8) is 0 Å². The van der Waals surface area contributed by atoms with Gasteiger partial charge in [-0.05, 0) is 79.5 Å². The number of carbonyl (C=O) groups excluding carboxylic acids is 7. The number of anilines is 3. The van der Waals surface area contributed by atoms with Crippen LogP contribution in [-0.2, 0) is 58.2 Å². The summed E-state index contributed by atoms with van der Waals surface area (Å²) in [7, 11) is 0. The van der Waals surface area contributed by atoms with Crippen molar-refractivity contribution >= 4 is 70.7 Å². The molecule has 23 heteroatoms. The number of carbonyl (C=O) groups is 5. The Morgan fingerprint density at radius 2 is 1.33 bits per heavy atom. The van der Waals surface area contributed by atoms with E-state index >= 15 is 0 Å². The largest absolute Gasteiger partial charge is 0.481 e. The normalized spacial score (nSPS) is 14.0. The maximum absolute atomic E-state index is 14.4. The zero-order valence-corrected chi connectivity index (χ0v) is 33.3. The Balaban J connectivity index is 0.00000137. The number of fused-ring (bicyclic) bond motifs is 2. The summed E-state index contributed by atoms with van der Waals surface area (Å²) in [6.07, 6.45) is 1.14. The molecule has 0 fully saturated rings. The summed E-state index contributed by atoms with van der Waals surface area (Å²) < 4.78 is 0. The van der Waals surface area contributed by atoms with E-state index in [0.29, 0.717) is 23.2 Å². The van der Waals surface area contributed by atoms with Crippen LogP contribution >= 0.6 is 0 Å². The molecule has 5 aromatic rings. The number of benzene rings is 2. The molecule has 0 spiro atoms. The quantitative estimate of drug-likeness (QED) is 0.0632. The van der Waals surface area contributed by atoms with E-state index in [4.69, 9.17) is 35.8 Å². The Kier molecular flexibility index (Phi) is 15.8.